The second-order valence-corrected chi connectivity index (χ2v) is 4.25. The highest BCUT2D eigenvalue weighted by atomic mass is 16.5. The zero-order valence-corrected chi connectivity index (χ0v) is 10.2. The molecule has 0 bridgehead atoms. The van der Waals surface area contributed by atoms with Crippen LogP contribution in [-0.2, 0) is 14.3 Å². The summed E-state index contributed by atoms with van der Waals surface area (Å²) in [5, 5.41) is 2.65. The number of methoxy groups -OCH3 is 1. The highest BCUT2D eigenvalue weighted by Gasteiger charge is 2.22. The molecular formula is C11H21NO3. The maximum atomic E-state index is 11.5. The Hall–Kier alpha value is -0.900. The minimum Gasteiger partial charge on any atom is -0.378 e. The molecule has 0 aromatic rings. The molecule has 0 radical (unpaired) electrons. The van der Waals surface area contributed by atoms with Gasteiger partial charge < -0.3 is 10.1 Å². The van der Waals surface area contributed by atoms with Gasteiger partial charge in [-0.1, -0.05) is 6.92 Å². The molecule has 4 nitrogen and oxygen atoms in total. The van der Waals surface area contributed by atoms with Gasteiger partial charge in [-0.25, -0.2) is 0 Å². The molecule has 0 saturated heterocycles. The van der Waals surface area contributed by atoms with Gasteiger partial charge >= 0.3 is 0 Å². The first-order chi connectivity index (χ1) is 6.82. The molecule has 88 valence electrons. The largest absolute Gasteiger partial charge is 0.378 e. The molecule has 1 atom stereocenters. The molecule has 0 aliphatic heterocycles. The second-order valence-electron chi connectivity index (χ2n) is 4.25. The molecule has 0 aliphatic rings. The first-order valence-corrected chi connectivity index (χ1v) is 5.19. The summed E-state index contributed by atoms with van der Waals surface area (Å²) in [6.07, 6.45) is 0.694. The van der Waals surface area contributed by atoms with E-state index in [9.17, 15) is 9.59 Å². The molecule has 0 saturated carbocycles. The van der Waals surface area contributed by atoms with E-state index in [0.29, 0.717) is 6.42 Å². The third-order valence-electron chi connectivity index (χ3n) is 2.35. The predicted molar refractivity (Wildman–Crippen MR) is 58.6 cm³/mol. The molecule has 0 aromatic heterocycles. The lowest BCUT2D eigenvalue weighted by atomic mass is 10.0. The fourth-order valence-electron chi connectivity index (χ4n) is 1.14. The van der Waals surface area contributed by atoms with Crippen molar-refractivity contribution in [2.75, 3.05) is 7.11 Å². The number of hydrogen-bond acceptors (Lipinski definition) is 3. The van der Waals surface area contributed by atoms with Crippen LogP contribution in [0.3, 0.4) is 0 Å². The average molecular weight is 215 g/mol. The van der Waals surface area contributed by atoms with Gasteiger partial charge in [0.25, 0.3) is 0 Å². The number of amides is 1. The highest BCUT2D eigenvalue weighted by Crippen LogP contribution is 2.12. The average Bonchev–Trinajstić information content (AvgIpc) is 2.15. The summed E-state index contributed by atoms with van der Waals surface area (Å²) in [6.45, 7) is 7.14. The fourth-order valence-corrected chi connectivity index (χ4v) is 1.14. The zero-order valence-electron chi connectivity index (χ0n) is 10.2. The summed E-state index contributed by atoms with van der Waals surface area (Å²) in [6, 6.07) is -0.407. The maximum Gasteiger partial charge on any atom is 0.223 e. The molecule has 0 aliphatic carbocycles. The maximum absolute atomic E-state index is 11.5. The Kier molecular flexibility index (Phi) is 5.50. The van der Waals surface area contributed by atoms with Crippen LogP contribution in [0.15, 0.2) is 0 Å². The molecular weight excluding hydrogens is 194 g/mol. The van der Waals surface area contributed by atoms with Crippen LogP contribution < -0.4 is 5.32 Å². The van der Waals surface area contributed by atoms with E-state index in [4.69, 9.17) is 4.74 Å². The van der Waals surface area contributed by atoms with E-state index in [0.717, 1.165) is 0 Å². The minimum absolute atomic E-state index is 0.0403. The van der Waals surface area contributed by atoms with Gasteiger partial charge in [0.1, 0.15) is 0 Å². The Bertz CT molecular complexity index is 236. The minimum atomic E-state index is -0.487. The molecule has 0 aromatic carbocycles. The van der Waals surface area contributed by atoms with E-state index in [1.165, 1.54) is 0 Å². The molecule has 0 spiro atoms. The molecule has 15 heavy (non-hydrogen) atoms. The smallest absolute Gasteiger partial charge is 0.223 e. The Balaban J connectivity index is 4.10. The van der Waals surface area contributed by atoms with Crippen molar-refractivity contribution in [3.8, 4) is 0 Å². The number of nitrogens with one attached hydrogen (secondary N) is 1. The first kappa shape index (κ1) is 14.1. The quantitative estimate of drug-likeness (QED) is 0.726. The number of carbonyl (C=O) groups excluding carboxylic acids is 2. The van der Waals surface area contributed by atoms with Crippen LogP contribution in [0, 0.1) is 0 Å². The number of rotatable bonds is 6. The van der Waals surface area contributed by atoms with E-state index in [-0.39, 0.29) is 18.1 Å². The SMILES string of the molecule is CCC(=O)C(C)NC(=O)CC(C)(C)OC. The summed E-state index contributed by atoms with van der Waals surface area (Å²) >= 11 is 0. The van der Waals surface area contributed by atoms with Crippen molar-refractivity contribution >= 4 is 11.7 Å². The van der Waals surface area contributed by atoms with E-state index in [1.807, 2.05) is 13.8 Å². The van der Waals surface area contributed by atoms with Gasteiger partial charge in [-0.15, -0.1) is 0 Å². The lowest BCUT2D eigenvalue weighted by molar-refractivity contribution is -0.130. The number of ketones is 1. The monoisotopic (exact) mass is 215 g/mol. The van der Waals surface area contributed by atoms with Gasteiger partial charge in [0.15, 0.2) is 5.78 Å². The fraction of sp³-hybridized carbons (Fsp3) is 0.818. The highest BCUT2D eigenvalue weighted by molar-refractivity contribution is 5.88. The Morgan fingerprint density at radius 2 is 1.93 bits per heavy atom. The normalized spacial score (nSPS) is 13.4. The summed E-state index contributed by atoms with van der Waals surface area (Å²) in [4.78, 5) is 22.7. The topological polar surface area (TPSA) is 55.4 Å². The molecule has 0 heterocycles. The van der Waals surface area contributed by atoms with Crippen LogP contribution in [0.1, 0.15) is 40.5 Å². The van der Waals surface area contributed by atoms with Gasteiger partial charge in [0.05, 0.1) is 18.1 Å². The van der Waals surface area contributed by atoms with Gasteiger partial charge in [-0.2, -0.15) is 0 Å². The standard InChI is InChI=1S/C11H21NO3/c1-6-9(13)8(2)12-10(14)7-11(3,4)15-5/h8H,6-7H2,1-5H3,(H,12,14). The Labute approximate surface area is 91.4 Å². The predicted octanol–water partition coefficient (Wildman–Crippen LogP) is 1.29. The summed E-state index contributed by atoms with van der Waals surface area (Å²) in [5.41, 5.74) is -0.487. The van der Waals surface area contributed by atoms with Gasteiger partial charge in [0.2, 0.25) is 5.91 Å². The van der Waals surface area contributed by atoms with Crippen molar-refractivity contribution in [2.24, 2.45) is 0 Å². The van der Waals surface area contributed by atoms with Crippen LogP contribution in [0.4, 0.5) is 0 Å². The summed E-state index contributed by atoms with van der Waals surface area (Å²) < 4.78 is 5.13. The van der Waals surface area contributed by atoms with Crippen molar-refractivity contribution < 1.29 is 14.3 Å². The second kappa shape index (κ2) is 5.85. The first-order valence-electron chi connectivity index (χ1n) is 5.19. The molecule has 1 amide bonds. The van der Waals surface area contributed by atoms with Crippen LogP contribution in [0.5, 0.6) is 0 Å². The van der Waals surface area contributed by atoms with Gasteiger partial charge in [-0.3, -0.25) is 9.59 Å². The lowest BCUT2D eigenvalue weighted by Gasteiger charge is -2.23. The van der Waals surface area contributed by atoms with Crippen molar-refractivity contribution in [3.63, 3.8) is 0 Å². The molecule has 1 unspecified atom stereocenters. The van der Waals surface area contributed by atoms with Crippen molar-refractivity contribution in [2.45, 2.75) is 52.2 Å². The Morgan fingerprint density at radius 1 is 1.40 bits per heavy atom. The molecule has 0 fully saturated rings. The third-order valence-corrected chi connectivity index (χ3v) is 2.35. The van der Waals surface area contributed by atoms with Crippen LogP contribution in [-0.4, -0.2) is 30.4 Å². The van der Waals surface area contributed by atoms with Crippen LogP contribution in [0.2, 0.25) is 0 Å². The molecule has 1 N–H and O–H groups in total. The van der Waals surface area contributed by atoms with Crippen molar-refractivity contribution in [1.82, 2.24) is 5.32 Å². The van der Waals surface area contributed by atoms with E-state index in [1.54, 1.807) is 21.0 Å². The lowest BCUT2D eigenvalue weighted by Crippen LogP contribution is -2.41. The van der Waals surface area contributed by atoms with E-state index in [2.05, 4.69) is 5.32 Å². The Morgan fingerprint density at radius 3 is 2.33 bits per heavy atom. The number of ether oxygens (including phenoxy) is 1. The number of carbonyl (C=O) groups is 2. The number of Topliss-reactive ketones (excluding diaryl/α,β-unsaturated/α-hetero) is 1. The van der Waals surface area contributed by atoms with E-state index < -0.39 is 11.6 Å². The van der Waals surface area contributed by atoms with Gasteiger partial charge in [0, 0.05) is 13.5 Å². The molecule has 0 rings (SSSR count). The summed E-state index contributed by atoms with van der Waals surface area (Å²) in [7, 11) is 1.56. The van der Waals surface area contributed by atoms with Crippen LogP contribution >= 0.6 is 0 Å². The third kappa shape index (κ3) is 5.52. The van der Waals surface area contributed by atoms with E-state index >= 15 is 0 Å². The van der Waals surface area contributed by atoms with Crippen LogP contribution in [0.25, 0.3) is 0 Å². The molecule has 4 heteroatoms. The number of hydrogen-bond donors (Lipinski definition) is 1. The summed E-state index contributed by atoms with van der Waals surface area (Å²) in [5.74, 6) is -0.116. The zero-order chi connectivity index (χ0) is 12.1. The van der Waals surface area contributed by atoms with Crippen molar-refractivity contribution in [1.29, 1.82) is 0 Å². The van der Waals surface area contributed by atoms with Crippen molar-refractivity contribution in [3.05, 3.63) is 0 Å². The van der Waals surface area contributed by atoms with Gasteiger partial charge in [-0.05, 0) is 20.8 Å².